The predicted octanol–water partition coefficient (Wildman–Crippen LogP) is 1.41. The lowest BCUT2D eigenvalue weighted by molar-refractivity contribution is -0.141. The molecule has 1 saturated carbocycles. The van der Waals surface area contributed by atoms with Gasteiger partial charge in [0, 0.05) is 5.92 Å². The largest absolute Gasteiger partial charge is 0.481 e. The Kier molecular flexibility index (Phi) is 5.02. The molecule has 1 rings (SSSR count). The number of hydrogen-bond acceptors (Lipinski definition) is 2. The van der Waals surface area contributed by atoms with E-state index in [0.717, 1.165) is 12.8 Å². The van der Waals surface area contributed by atoms with Crippen LogP contribution < -0.4 is 5.32 Å². The number of amides is 1. The van der Waals surface area contributed by atoms with Crippen molar-refractivity contribution in [2.45, 2.75) is 45.1 Å². The minimum absolute atomic E-state index is 0.0925. The van der Waals surface area contributed by atoms with Gasteiger partial charge in [-0.25, -0.2) is 0 Å². The molecule has 0 bridgehead atoms. The predicted molar refractivity (Wildman–Crippen MR) is 64.1 cm³/mol. The summed E-state index contributed by atoms with van der Waals surface area (Å²) in [5.74, 6) is 1.08. The van der Waals surface area contributed by atoms with Gasteiger partial charge >= 0.3 is 5.97 Å². The van der Waals surface area contributed by atoms with Crippen molar-refractivity contribution in [1.29, 1.82) is 0 Å². The molecule has 0 aliphatic heterocycles. The van der Waals surface area contributed by atoms with Crippen molar-refractivity contribution < 1.29 is 14.7 Å². The fourth-order valence-corrected chi connectivity index (χ4v) is 2.22. The smallest absolute Gasteiger partial charge is 0.306 e. The first-order valence-electron chi connectivity index (χ1n) is 6.07. The highest BCUT2D eigenvalue weighted by Gasteiger charge is 2.34. The van der Waals surface area contributed by atoms with Crippen LogP contribution in [0.1, 0.15) is 39.0 Å². The Morgan fingerprint density at radius 3 is 2.59 bits per heavy atom. The first kappa shape index (κ1) is 13.6. The molecule has 1 aliphatic carbocycles. The Morgan fingerprint density at radius 2 is 2.12 bits per heavy atom. The van der Waals surface area contributed by atoms with Gasteiger partial charge in [0.1, 0.15) is 0 Å². The van der Waals surface area contributed by atoms with Gasteiger partial charge in [0.2, 0.25) is 5.91 Å². The summed E-state index contributed by atoms with van der Waals surface area (Å²) in [4.78, 5) is 22.6. The van der Waals surface area contributed by atoms with Gasteiger partial charge in [0.15, 0.2) is 0 Å². The normalized spacial score (nSPS) is 24.9. The van der Waals surface area contributed by atoms with Gasteiger partial charge in [0.05, 0.1) is 12.0 Å². The molecule has 1 aliphatic rings. The van der Waals surface area contributed by atoms with Crippen LogP contribution in [0.25, 0.3) is 0 Å². The van der Waals surface area contributed by atoms with Crippen molar-refractivity contribution in [2.75, 3.05) is 0 Å². The van der Waals surface area contributed by atoms with Crippen molar-refractivity contribution in [3.8, 4) is 12.3 Å². The van der Waals surface area contributed by atoms with Crippen LogP contribution in [0, 0.1) is 24.2 Å². The number of carbonyl (C=O) groups excluding carboxylic acids is 1. The van der Waals surface area contributed by atoms with Gasteiger partial charge in [-0.15, -0.1) is 6.42 Å². The molecule has 1 unspecified atom stereocenters. The Labute approximate surface area is 102 Å². The van der Waals surface area contributed by atoms with Crippen LogP contribution in [-0.2, 0) is 9.59 Å². The van der Waals surface area contributed by atoms with E-state index < -0.39 is 5.97 Å². The van der Waals surface area contributed by atoms with Crippen molar-refractivity contribution in [3.63, 3.8) is 0 Å². The second-order valence-corrected chi connectivity index (χ2v) is 4.56. The topological polar surface area (TPSA) is 66.4 Å². The minimum atomic E-state index is -0.803. The quantitative estimate of drug-likeness (QED) is 0.710. The highest BCUT2D eigenvalue weighted by atomic mass is 16.4. The zero-order valence-corrected chi connectivity index (χ0v) is 10.1. The Hall–Kier alpha value is -1.50. The molecule has 4 heteroatoms. The summed E-state index contributed by atoms with van der Waals surface area (Å²) in [7, 11) is 0. The summed E-state index contributed by atoms with van der Waals surface area (Å²) in [5, 5.41) is 11.7. The number of carboxylic acid groups (broad SMARTS) is 1. The van der Waals surface area contributed by atoms with E-state index in [-0.39, 0.29) is 23.8 Å². The molecule has 1 amide bonds. The average Bonchev–Trinajstić information content (AvgIpc) is 2.77. The molecular formula is C13H19NO3. The van der Waals surface area contributed by atoms with Crippen LogP contribution >= 0.6 is 0 Å². The summed E-state index contributed by atoms with van der Waals surface area (Å²) in [6.45, 7) is 2.01. The molecule has 3 atom stereocenters. The third-order valence-electron chi connectivity index (χ3n) is 3.25. The molecule has 17 heavy (non-hydrogen) atoms. The number of nitrogens with one attached hydrogen (secondary N) is 1. The number of aliphatic carboxylic acids is 1. The molecule has 0 aromatic rings. The monoisotopic (exact) mass is 237 g/mol. The fraction of sp³-hybridized carbons (Fsp3) is 0.692. The zero-order valence-electron chi connectivity index (χ0n) is 10.1. The van der Waals surface area contributed by atoms with E-state index >= 15 is 0 Å². The van der Waals surface area contributed by atoms with E-state index in [1.54, 1.807) is 0 Å². The van der Waals surface area contributed by atoms with Gasteiger partial charge in [-0.05, 0) is 25.7 Å². The van der Waals surface area contributed by atoms with Crippen molar-refractivity contribution in [2.24, 2.45) is 11.8 Å². The maximum Gasteiger partial charge on any atom is 0.306 e. The molecule has 0 heterocycles. The van der Waals surface area contributed by atoms with Crippen molar-refractivity contribution in [1.82, 2.24) is 5.32 Å². The maximum absolute atomic E-state index is 11.9. The average molecular weight is 237 g/mol. The fourth-order valence-electron chi connectivity index (χ4n) is 2.22. The first-order chi connectivity index (χ1) is 8.08. The van der Waals surface area contributed by atoms with E-state index in [0.29, 0.717) is 19.3 Å². The number of carbonyl (C=O) groups is 2. The zero-order chi connectivity index (χ0) is 12.8. The van der Waals surface area contributed by atoms with Crippen LogP contribution in [0.4, 0.5) is 0 Å². The number of carboxylic acids is 1. The molecule has 4 nitrogen and oxygen atoms in total. The lowest BCUT2D eigenvalue weighted by Crippen LogP contribution is -2.37. The minimum Gasteiger partial charge on any atom is -0.481 e. The van der Waals surface area contributed by atoms with Crippen LogP contribution in [0.5, 0.6) is 0 Å². The summed E-state index contributed by atoms with van der Waals surface area (Å²) < 4.78 is 0. The number of terminal acetylenes is 1. The molecule has 0 aromatic heterocycles. The highest BCUT2D eigenvalue weighted by Crippen LogP contribution is 2.31. The van der Waals surface area contributed by atoms with Crippen molar-refractivity contribution >= 4 is 11.9 Å². The number of rotatable bonds is 5. The van der Waals surface area contributed by atoms with Gasteiger partial charge in [0.25, 0.3) is 0 Å². The van der Waals surface area contributed by atoms with E-state index in [4.69, 9.17) is 11.5 Å². The molecule has 1 fully saturated rings. The lowest BCUT2D eigenvalue weighted by atomic mass is 10.0. The first-order valence-corrected chi connectivity index (χ1v) is 6.07. The van der Waals surface area contributed by atoms with E-state index in [1.807, 2.05) is 6.92 Å². The second kappa shape index (κ2) is 6.29. The molecule has 2 N–H and O–H groups in total. The summed E-state index contributed by atoms with van der Waals surface area (Å²) in [6, 6.07) is -0.226. The van der Waals surface area contributed by atoms with Crippen LogP contribution in [-0.4, -0.2) is 23.0 Å². The summed E-state index contributed by atoms with van der Waals surface area (Å²) in [6.07, 6.45) is 8.66. The SMILES string of the molecule is C#CC(CCC)NC(=O)[C@@H]1CC[C@H](C(=O)O)C1. The van der Waals surface area contributed by atoms with Crippen LogP contribution in [0.3, 0.4) is 0 Å². The van der Waals surface area contributed by atoms with Crippen LogP contribution in [0.15, 0.2) is 0 Å². The van der Waals surface area contributed by atoms with Gasteiger partial charge in [-0.3, -0.25) is 9.59 Å². The molecule has 94 valence electrons. The molecule has 0 radical (unpaired) electrons. The molecule has 0 saturated heterocycles. The summed E-state index contributed by atoms with van der Waals surface area (Å²) in [5.41, 5.74) is 0. The second-order valence-electron chi connectivity index (χ2n) is 4.56. The third kappa shape index (κ3) is 3.77. The Bertz CT molecular complexity index is 332. The summed E-state index contributed by atoms with van der Waals surface area (Å²) >= 11 is 0. The standard InChI is InChI=1S/C13H19NO3/c1-3-5-11(4-2)14-12(15)9-6-7-10(8-9)13(16)17/h2,9-11H,3,5-8H2,1H3,(H,14,15)(H,16,17)/t9-,10+,11?/m1/s1. The highest BCUT2D eigenvalue weighted by molar-refractivity contribution is 5.81. The van der Waals surface area contributed by atoms with Gasteiger partial charge < -0.3 is 10.4 Å². The van der Waals surface area contributed by atoms with E-state index in [2.05, 4.69) is 11.2 Å². The van der Waals surface area contributed by atoms with E-state index in [9.17, 15) is 9.59 Å². The van der Waals surface area contributed by atoms with Crippen LogP contribution in [0.2, 0.25) is 0 Å². The Morgan fingerprint density at radius 1 is 1.47 bits per heavy atom. The molecule has 0 aromatic carbocycles. The van der Waals surface area contributed by atoms with Gasteiger partial charge in [-0.2, -0.15) is 0 Å². The third-order valence-corrected chi connectivity index (χ3v) is 3.25. The number of hydrogen-bond donors (Lipinski definition) is 2. The molecular weight excluding hydrogens is 218 g/mol. The van der Waals surface area contributed by atoms with Gasteiger partial charge in [-0.1, -0.05) is 19.3 Å². The van der Waals surface area contributed by atoms with E-state index in [1.165, 1.54) is 0 Å². The van der Waals surface area contributed by atoms with Crippen molar-refractivity contribution in [3.05, 3.63) is 0 Å². The lowest BCUT2D eigenvalue weighted by Gasteiger charge is -2.15. The maximum atomic E-state index is 11.9. The Balaban J connectivity index is 2.44. The molecule has 0 spiro atoms.